The van der Waals surface area contributed by atoms with Gasteiger partial charge in [0.05, 0.1) is 11.0 Å². The summed E-state index contributed by atoms with van der Waals surface area (Å²) in [6.07, 6.45) is 2.48. The van der Waals surface area contributed by atoms with Gasteiger partial charge in [0.15, 0.2) is 0 Å². The van der Waals surface area contributed by atoms with E-state index in [1.165, 1.54) is 5.56 Å². The Bertz CT molecular complexity index is 638. The topological polar surface area (TPSA) is 69.8 Å². The van der Waals surface area contributed by atoms with E-state index in [4.69, 9.17) is 0 Å². The molecule has 1 aromatic carbocycles. The summed E-state index contributed by atoms with van der Waals surface area (Å²) in [6, 6.07) is 6.18. The van der Waals surface area contributed by atoms with Crippen LogP contribution in [0, 0.1) is 12.8 Å². The maximum absolute atomic E-state index is 11.8. The van der Waals surface area contributed by atoms with Gasteiger partial charge in [-0.25, -0.2) is 4.98 Å². The van der Waals surface area contributed by atoms with Crippen molar-refractivity contribution in [3.63, 3.8) is 0 Å². The quantitative estimate of drug-likeness (QED) is 0.768. The van der Waals surface area contributed by atoms with Gasteiger partial charge in [-0.2, -0.15) is 0 Å². The van der Waals surface area contributed by atoms with E-state index in [-0.39, 0.29) is 30.7 Å². The van der Waals surface area contributed by atoms with Crippen LogP contribution < -0.4 is 10.6 Å². The third-order valence-electron chi connectivity index (χ3n) is 4.01. The highest BCUT2D eigenvalue weighted by Crippen LogP contribution is 2.14. The largest absolute Gasteiger partial charge is 0.356 e. The van der Waals surface area contributed by atoms with E-state index in [9.17, 15) is 4.79 Å². The first kappa shape index (κ1) is 19.7. The fraction of sp³-hybridized carbons (Fsp3) is 0.500. The molecule has 2 aromatic rings. The second-order valence-electron chi connectivity index (χ2n) is 5.87. The number of benzene rings is 1. The van der Waals surface area contributed by atoms with Crippen LogP contribution in [-0.2, 0) is 11.2 Å². The number of halogens is 2. The first-order valence-corrected chi connectivity index (χ1v) is 7.63. The SMILES string of the molecule is Cc1ccc2nc(CCNC(=O)CC3CCNC3)[nH]c2c1.Cl.Cl. The summed E-state index contributed by atoms with van der Waals surface area (Å²) in [7, 11) is 0. The van der Waals surface area contributed by atoms with E-state index in [1.807, 2.05) is 6.07 Å². The number of aromatic amines is 1. The molecule has 1 unspecified atom stereocenters. The molecule has 3 rings (SSSR count). The van der Waals surface area contributed by atoms with E-state index in [0.717, 1.165) is 42.8 Å². The summed E-state index contributed by atoms with van der Waals surface area (Å²) in [4.78, 5) is 19.7. The maximum Gasteiger partial charge on any atom is 0.220 e. The van der Waals surface area contributed by atoms with E-state index < -0.39 is 0 Å². The van der Waals surface area contributed by atoms with E-state index in [0.29, 0.717) is 18.9 Å². The van der Waals surface area contributed by atoms with Crippen LogP contribution in [0.1, 0.15) is 24.2 Å². The van der Waals surface area contributed by atoms with E-state index in [2.05, 4.69) is 39.7 Å². The highest BCUT2D eigenvalue weighted by atomic mass is 35.5. The van der Waals surface area contributed by atoms with Gasteiger partial charge in [-0.05, 0) is 50.0 Å². The molecule has 1 aliphatic heterocycles. The van der Waals surface area contributed by atoms with Gasteiger partial charge in [-0.15, -0.1) is 24.8 Å². The zero-order chi connectivity index (χ0) is 14.7. The van der Waals surface area contributed by atoms with Crippen LogP contribution >= 0.6 is 24.8 Å². The molecule has 0 saturated carbocycles. The Kier molecular flexibility index (Phi) is 7.82. The van der Waals surface area contributed by atoms with Crippen LogP contribution in [0.4, 0.5) is 0 Å². The van der Waals surface area contributed by atoms with Crippen LogP contribution in [0.2, 0.25) is 0 Å². The van der Waals surface area contributed by atoms with Crippen LogP contribution in [0.15, 0.2) is 18.2 Å². The molecule has 3 N–H and O–H groups in total. The molecule has 1 saturated heterocycles. The van der Waals surface area contributed by atoms with Crippen molar-refractivity contribution in [3.8, 4) is 0 Å². The number of fused-ring (bicyclic) bond motifs is 1. The number of carbonyl (C=O) groups excluding carboxylic acids is 1. The van der Waals surface area contributed by atoms with Crippen LogP contribution in [0.25, 0.3) is 11.0 Å². The van der Waals surface area contributed by atoms with Gasteiger partial charge in [0.25, 0.3) is 0 Å². The molecule has 1 aliphatic rings. The van der Waals surface area contributed by atoms with Crippen molar-refractivity contribution >= 4 is 41.8 Å². The van der Waals surface area contributed by atoms with Crippen molar-refractivity contribution < 1.29 is 4.79 Å². The zero-order valence-corrected chi connectivity index (χ0v) is 14.9. The highest BCUT2D eigenvalue weighted by molar-refractivity contribution is 5.85. The second kappa shape index (κ2) is 9.11. The molecule has 5 nitrogen and oxygen atoms in total. The predicted octanol–water partition coefficient (Wildman–Crippen LogP) is 2.37. The third kappa shape index (κ3) is 5.37. The van der Waals surface area contributed by atoms with Crippen molar-refractivity contribution in [2.45, 2.75) is 26.2 Å². The molecule has 0 spiro atoms. The minimum Gasteiger partial charge on any atom is -0.356 e. The Morgan fingerprint density at radius 2 is 2.22 bits per heavy atom. The van der Waals surface area contributed by atoms with Gasteiger partial charge in [-0.3, -0.25) is 4.79 Å². The lowest BCUT2D eigenvalue weighted by Crippen LogP contribution is -2.28. The Morgan fingerprint density at radius 1 is 1.39 bits per heavy atom. The number of nitrogens with zero attached hydrogens (tertiary/aromatic N) is 1. The molecule has 0 bridgehead atoms. The van der Waals surface area contributed by atoms with Crippen LogP contribution in [-0.4, -0.2) is 35.5 Å². The van der Waals surface area contributed by atoms with Crippen LogP contribution in [0.3, 0.4) is 0 Å². The minimum absolute atomic E-state index is 0. The Morgan fingerprint density at radius 3 is 2.96 bits per heavy atom. The van der Waals surface area contributed by atoms with Crippen LogP contribution in [0.5, 0.6) is 0 Å². The van der Waals surface area contributed by atoms with Gasteiger partial charge in [-0.1, -0.05) is 6.07 Å². The summed E-state index contributed by atoms with van der Waals surface area (Å²) < 4.78 is 0. The summed E-state index contributed by atoms with van der Waals surface area (Å²) in [6.45, 7) is 4.71. The molecule has 1 atom stereocenters. The first-order valence-electron chi connectivity index (χ1n) is 7.63. The smallest absolute Gasteiger partial charge is 0.220 e. The van der Waals surface area contributed by atoms with Crippen molar-refractivity contribution in [3.05, 3.63) is 29.6 Å². The number of H-pyrrole nitrogens is 1. The molecular weight excluding hydrogens is 335 g/mol. The molecule has 23 heavy (non-hydrogen) atoms. The number of aryl methyl sites for hydroxylation is 1. The van der Waals surface area contributed by atoms with E-state index in [1.54, 1.807) is 0 Å². The van der Waals surface area contributed by atoms with Crippen molar-refractivity contribution in [2.75, 3.05) is 19.6 Å². The average Bonchev–Trinajstić information content (AvgIpc) is 3.07. The van der Waals surface area contributed by atoms with Crippen molar-refractivity contribution in [1.29, 1.82) is 0 Å². The van der Waals surface area contributed by atoms with Gasteiger partial charge in [0.1, 0.15) is 5.82 Å². The zero-order valence-electron chi connectivity index (χ0n) is 13.2. The minimum atomic E-state index is 0. The standard InChI is InChI=1S/C16H22N4O.2ClH/c1-11-2-3-13-14(8-11)20-15(19-13)5-7-18-16(21)9-12-4-6-17-10-12;;/h2-3,8,12,17H,4-7,9-10H2,1H3,(H,18,21)(H,19,20);2*1H. The number of carbonyl (C=O) groups is 1. The summed E-state index contributed by atoms with van der Waals surface area (Å²) >= 11 is 0. The maximum atomic E-state index is 11.8. The number of hydrogen-bond donors (Lipinski definition) is 3. The second-order valence-corrected chi connectivity index (χ2v) is 5.87. The Hall–Kier alpha value is -1.30. The number of hydrogen-bond acceptors (Lipinski definition) is 3. The average molecular weight is 359 g/mol. The number of rotatable bonds is 5. The Balaban J connectivity index is 0.00000132. The lowest BCUT2D eigenvalue weighted by atomic mass is 10.0. The van der Waals surface area contributed by atoms with Gasteiger partial charge in [0.2, 0.25) is 5.91 Å². The summed E-state index contributed by atoms with van der Waals surface area (Å²) in [5.41, 5.74) is 3.27. The van der Waals surface area contributed by atoms with Crippen molar-refractivity contribution in [2.24, 2.45) is 5.92 Å². The van der Waals surface area contributed by atoms with Gasteiger partial charge < -0.3 is 15.6 Å². The number of amides is 1. The van der Waals surface area contributed by atoms with Gasteiger partial charge >= 0.3 is 0 Å². The van der Waals surface area contributed by atoms with Crippen molar-refractivity contribution in [1.82, 2.24) is 20.6 Å². The van der Waals surface area contributed by atoms with Gasteiger partial charge in [0, 0.05) is 19.4 Å². The highest BCUT2D eigenvalue weighted by Gasteiger charge is 2.17. The number of imidazole rings is 1. The molecule has 7 heteroatoms. The normalized spacial score (nSPS) is 16.7. The number of nitrogens with one attached hydrogen (secondary N) is 3. The predicted molar refractivity (Wildman–Crippen MR) is 97.6 cm³/mol. The lowest BCUT2D eigenvalue weighted by Gasteiger charge is -2.08. The summed E-state index contributed by atoms with van der Waals surface area (Å²) in [5, 5.41) is 6.27. The molecule has 1 amide bonds. The molecule has 0 aliphatic carbocycles. The third-order valence-corrected chi connectivity index (χ3v) is 4.01. The number of aromatic nitrogens is 2. The fourth-order valence-electron chi connectivity index (χ4n) is 2.84. The lowest BCUT2D eigenvalue weighted by molar-refractivity contribution is -0.121. The molecule has 2 heterocycles. The fourth-order valence-corrected chi connectivity index (χ4v) is 2.84. The summed E-state index contributed by atoms with van der Waals surface area (Å²) in [5.74, 6) is 1.58. The van der Waals surface area contributed by atoms with E-state index >= 15 is 0 Å². The molecule has 1 aromatic heterocycles. The monoisotopic (exact) mass is 358 g/mol. The molecule has 0 radical (unpaired) electrons. The Labute approximate surface area is 148 Å². The molecule has 128 valence electrons. The first-order chi connectivity index (χ1) is 10.2. The molecule has 1 fully saturated rings. The molecular formula is C16H24Cl2N4O.